The van der Waals surface area contributed by atoms with Gasteiger partial charge in [0.2, 0.25) is 0 Å². The van der Waals surface area contributed by atoms with Crippen LogP contribution in [0.15, 0.2) is 69.6 Å². The zero-order valence-electron chi connectivity index (χ0n) is 35.3. The molecule has 0 radical (unpaired) electrons. The average molecular weight is 719 g/mol. The van der Waals surface area contributed by atoms with Crippen molar-refractivity contribution in [3.63, 3.8) is 0 Å². The molecule has 3 atom stereocenters. The van der Waals surface area contributed by atoms with Crippen molar-refractivity contribution in [2.45, 2.75) is 155 Å². The molecule has 5 nitrogen and oxygen atoms in total. The quantitative estimate of drug-likeness (QED) is 0.308. The molecular weight excluding hydrogens is 651 g/mol. The summed E-state index contributed by atoms with van der Waals surface area (Å²) in [5.41, 5.74) is 7.37. The Labute approximate surface area is 311 Å². The molecule has 6 heteroatoms. The molecule has 3 unspecified atom stereocenters. The maximum atomic E-state index is 14.4. The summed E-state index contributed by atoms with van der Waals surface area (Å²) in [7, 11) is -2.22. The molecule has 0 amide bonds. The van der Waals surface area contributed by atoms with E-state index >= 15 is 0 Å². The Morgan fingerprint density at radius 1 is 0.725 bits per heavy atom. The summed E-state index contributed by atoms with van der Waals surface area (Å²) in [6, 6.07) is 3.53. The molecule has 0 saturated carbocycles. The van der Waals surface area contributed by atoms with Gasteiger partial charge in [-0.15, -0.1) is 0 Å². The molecule has 0 bridgehead atoms. The maximum absolute atomic E-state index is 14.4. The molecule has 1 N–H and O–H groups in total. The van der Waals surface area contributed by atoms with Gasteiger partial charge in [0.15, 0.2) is 0 Å². The third-order valence-corrected chi connectivity index (χ3v) is 11.3. The summed E-state index contributed by atoms with van der Waals surface area (Å²) < 4.78 is 20.4. The molecule has 4 rings (SSSR count). The smallest absolute Gasteiger partial charge is 0.466 e. The van der Waals surface area contributed by atoms with Gasteiger partial charge in [0.1, 0.15) is 17.6 Å². The predicted octanol–water partition coefficient (Wildman–Crippen LogP) is 13.4. The Bertz CT molecular complexity index is 1690. The van der Waals surface area contributed by atoms with E-state index in [9.17, 15) is 9.90 Å². The highest BCUT2D eigenvalue weighted by Gasteiger charge is 2.45. The first-order valence-electron chi connectivity index (χ1n) is 18.7. The molecular formula is C45H67O5P. The van der Waals surface area contributed by atoms with Gasteiger partial charge >= 0.3 is 14.6 Å². The second kappa shape index (κ2) is 13.3. The summed E-state index contributed by atoms with van der Waals surface area (Å²) in [4.78, 5) is 14.4. The Hall–Kier alpha value is -2.62. The van der Waals surface area contributed by atoms with Gasteiger partial charge in [-0.05, 0) is 73.8 Å². The maximum Gasteiger partial charge on any atom is 0.466 e. The zero-order valence-corrected chi connectivity index (χ0v) is 36.2. The lowest BCUT2D eigenvalue weighted by molar-refractivity contribution is 0.0655. The molecule has 1 aliphatic heterocycles. The van der Waals surface area contributed by atoms with E-state index < -0.39 is 36.9 Å². The van der Waals surface area contributed by atoms with Crippen LogP contribution in [-0.4, -0.2) is 17.2 Å². The van der Waals surface area contributed by atoms with Gasteiger partial charge in [-0.2, -0.15) is 0 Å². The van der Waals surface area contributed by atoms with E-state index in [4.69, 9.17) is 13.6 Å². The summed E-state index contributed by atoms with van der Waals surface area (Å²) in [6.07, 6.45) is 7.47. The fraction of sp³-hybridized carbons (Fsp3) is 0.622. The molecule has 1 heterocycles. The standard InChI is InChI=1S/C45H67O5P/c1-26-20-28(40(2,3)4)24-31-35(26)30-23-29(41(5,6)7)25-34(44(14,15)16)37(30)48-51(49-38(31)45(17,18)19)50-39(47)27-21-32(42(8,9)10)36(46)33(22-27)43(11,12)13/h21-26,37,46H,20H2,1-19H3. The Kier molecular flexibility index (Phi) is 10.8. The Balaban J connectivity index is 2.03. The number of hydrogen-bond donors (Lipinski definition) is 1. The zero-order chi connectivity index (χ0) is 39.0. The number of aromatic hydroxyl groups is 1. The number of rotatable bonds is 2. The third-order valence-electron chi connectivity index (χ3n) is 10.2. The van der Waals surface area contributed by atoms with Crippen LogP contribution in [0.4, 0.5) is 0 Å². The summed E-state index contributed by atoms with van der Waals surface area (Å²) >= 11 is 0. The molecule has 0 fully saturated rings. The minimum Gasteiger partial charge on any atom is -0.507 e. The van der Waals surface area contributed by atoms with Gasteiger partial charge in [-0.3, -0.25) is 4.52 Å². The molecule has 1 aromatic carbocycles. The van der Waals surface area contributed by atoms with Crippen molar-refractivity contribution >= 4 is 14.6 Å². The molecule has 3 aliphatic rings. The van der Waals surface area contributed by atoms with Gasteiger partial charge < -0.3 is 14.2 Å². The van der Waals surface area contributed by atoms with Crippen molar-refractivity contribution in [3.8, 4) is 5.75 Å². The van der Waals surface area contributed by atoms with Gasteiger partial charge in [0.05, 0.1) is 5.56 Å². The minimum absolute atomic E-state index is 0.0280. The number of allylic oxidation sites excluding steroid dienone is 7. The van der Waals surface area contributed by atoms with Crippen LogP contribution < -0.4 is 0 Å². The normalized spacial score (nSPS) is 22.6. The van der Waals surface area contributed by atoms with Crippen molar-refractivity contribution in [3.05, 3.63) is 86.2 Å². The predicted molar refractivity (Wildman–Crippen MR) is 214 cm³/mol. The van der Waals surface area contributed by atoms with Gasteiger partial charge in [-0.1, -0.05) is 155 Å². The number of benzene rings is 1. The fourth-order valence-corrected chi connectivity index (χ4v) is 8.34. The van der Waals surface area contributed by atoms with Gasteiger partial charge in [0.25, 0.3) is 0 Å². The third kappa shape index (κ3) is 8.79. The highest BCUT2D eigenvalue weighted by molar-refractivity contribution is 7.42. The Morgan fingerprint density at radius 3 is 1.69 bits per heavy atom. The lowest BCUT2D eigenvalue weighted by Crippen LogP contribution is -2.34. The largest absolute Gasteiger partial charge is 0.507 e. The number of hydrogen-bond acceptors (Lipinski definition) is 5. The van der Waals surface area contributed by atoms with Crippen molar-refractivity contribution in [1.29, 1.82) is 0 Å². The number of carbonyl (C=O) groups is 1. The van der Waals surface area contributed by atoms with E-state index in [2.05, 4.69) is 108 Å². The van der Waals surface area contributed by atoms with Gasteiger partial charge in [-0.25, -0.2) is 4.79 Å². The molecule has 51 heavy (non-hydrogen) atoms. The number of carbonyl (C=O) groups excluding carboxylic acids is 1. The van der Waals surface area contributed by atoms with E-state index in [1.165, 1.54) is 16.7 Å². The van der Waals surface area contributed by atoms with Crippen LogP contribution >= 0.6 is 8.60 Å². The molecule has 0 saturated heterocycles. The number of fused-ring (bicyclic) bond motifs is 2. The van der Waals surface area contributed by atoms with E-state index in [0.29, 0.717) is 16.7 Å². The van der Waals surface area contributed by atoms with Crippen molar-refractivity contribution in [1.82, 2.24) is 0 Å². The monoisotopic (exact) mass is 718 g/mol. The SMILES string of the molecule is CC1CC(C(C)(C)C)=CC2=C(C(C)(C)C)OP(OC(=O)c3cc(C(C)(C)C)c(O)c(C(C)(C)C)c3)OC3C(C(C)(C)C)=CC(C(C)(C)C)=CC3=C21. The van der Waals surface area contributed by atoms with Crippen molar-refractivity contribution in [2.24, 2.45) is 27.6 Å². The van der Waals surface area contributed by atoms with E-state index in [1.807, 2.05) is 41.5 Å². The van der Waals surface area contributed by atoms with Crippen molar-refractivity contribution < 1.29 is 23.5 Å². The van der Waals surface area contributed by atoms with E-state index in [0.717, 1.165) is 28.9 Å². The van der Waals surface area contributed by atoms with E-state index in [1.54, 1.807) is 12.1 Å². The topological polar surface area (TPSA) is 65.0 Å². The first-order valence-corrected chi connectivity index (χ1v) is 19.8. The highest BCUT2D eigenvalue weighted by Crippen LogP contribution is 2.58. The number of phenols is 1. The van der Waals surface area contributed by atoms with Crippen LogP contribution in [0.3, 0.4) is 0 Å². The molecule has 0 aromatic heterocycles. The first kappa shape index (κ1) is 41.1. The average Bonchev–Trinajstić information content (AvgIpc) is 2.91. The second-order valence-electron chi connectivity index (χ2n) is 21.2. The van der Waals surface area contributed by atoms with Gasteiger partial charge in [0, 0.05) is 22.1 Å². The van der Waals surface area contributed by atoms with Crippen LogP contribution in [0.1, 0.15) is 159 Å². The number of phenolic OH excluding ortho intramolecular Hbond substituents is 1. The summed E-state index contributed by atoms with van der Waals surface area (Å²) in [6.45, 7) is 41.3. The first-order chi connectivity index (χ1) is 22.8. The van der Waals surface area contributed by atoms with Crippen LogP contribution in [-0.2, 0) is 24.4 Å². The Morgan fingerprint density at radius 2 is 1.25 bits per heavy atom. The minimum atomic E-state index is -2.22. The van der Waals surface area contributed by atoms with Crippen LogP contribution in [0, 0.1) is 27.6 Å². The molecule has 0 spiro atoms. The highest BCUT2D eigenvalue weighted by atomic mass is 31.2. The summed E-state index contributed by atoms with van der Waals surface area (Å²) in [5, 5.41) is 11.4. The van der Waals surface area contributed by atoms with Crippen LogP contribution in [0.25, 0.3) is 0 Å². The lowest BCUT2D eigenvalue weighted by Gasteiger charge is -2.43. The molecule has 282 valence electrons. The van der Waals surface area contributed by atoms with Crippen LogP contribution in [0.2, 0.25) is 0 Å². The van der Waals surface area contributed by atoms with Crippen LogP contribution in [0.5, 0.6) is 5.75 Å². The molecule has 1 aromatic rings. The summed E-state index contributed by atoms with van der Waals surface area (Å²) in [5.74, 6) is 0.667. The second-order valence-corrected chi connectivity index (χ2v) is 22.2. The lowest BCUT2D eigenvalue weighted by atomic mass is 9.67. The van der Waals surface area contributed by atoms with E-state index in [-0.39, 0.29) is 27.9 Å². The molecule has 2 aliphatic carbocycles. The van der Waals surface area contributed by atoms with Crippen molar-refractivity contribution in [2.75, 3.05) is 0 Å². The fourth-order valence-electron chi connectivity index (χ4n) is 7.06.